The first-order valence-electron chi connectivity index (χ1n) is 4.67. The lowest BCUT2D eigenvalue weighted by Crippen LogP contribution is -2.18. The van der Waals surface area contributed by atoms with Crippen LogP contribution in [0.1, 0.15) is 33.1 Å². The summed E-state index contributed by atoms with van der Waals surface area (Å²) in [6, 6.07) is 0. The normalized spacial score (nSPS) is 13.2. The SMILES string of the molecule is CC=CC(CCCC)OC(=O)CO. The van der Waals surface area contributed by atoms with Gasteiger partial charge in [0.2, 0.25) is 0 Å². The molecule has 0 saturated heterocycles. The second-order valence-electron chi connectivity index (χ2n) is 2.85. The molecule has 3 heteroatoms. The van der Waals surface area contributed by atoms with Gasteiger partial charge in [-0.3, -0.25) is 0 Å². The Morgan fingerprint density at radius 3 is 2.77 bits per heavy atom. The summed E-state index contributed by atoms with van der Waals surface area (Å²) < 4.78 is 4.97. The third-order valence-corrected chi connectivity index (χ3v) is 1.66. The van der Waals surface area contributed by atoms with Crippen LogP contribution in [-0.4, -0.2) is 23.8 Å². The minimum atomic E-state index is -0.556. The standard InChI is InChI=1S/C10H18O3/c1-3-5-7-9(6-4-2)13-10(12)8-11/h4,6,9,11H,3,5,7-8H2,1-2H3. The zero-order valence-corrected chi connectivity index (χ0v) is 8.32. The predicted molar refractivity (Wildman–Crippen MR) is 51.3 cm³/mol. The van der Waals surface area contributed by atoms with Crippen molar-refractivity contribution in [2.24, 2.45) is 0 Å². The molecule has 0 fully saturated rings. The molecule has 76 valence electrons. The van der Waals surface area contributed by atoms with Crippen molar-refractivity contribution in [2.45, 2.75) is 39.2 Å². The number of hydrogen-bond donors (Lipinski definition) is 1. The van der Waals surface area contributed by atoms with Crippen molar-refractivity contribution in [1.82, 2.24) is 0 Å². The molecule has 0 aliphatic carbocycles. The third kappa shape index (κ3) is 6.34. The molecule has 0 saturated carbocycles. The van der Waals surface area contributed by atoms with Crippen LogP contribution in [0.3, 0.4) is 0 Å². The second-order valence-corrected chi connectivity index (χ2v) is 2.85. The van der Waals surface area contributed by atoms with Crippen molar-refractivity contribution in [1.29, 1.82) is 0 Å². The van der Waals surface area contributed by atoms with E-state index < -0.39 is 12.6 Å². The Kier molecular flexibility index (Phi) is 7.30. The smallest absolute Gasteiger partial charge is 0.332 e. The first-order valence-corrected chi connectivity index (χ1v) is 4.67. The lowest BCUT2D eigenvalue weighted by atomic mass is 10.1. The maximum absolute atomic E-state index is 10.8. The van der Waals surface area contributed by atoms with Crippen LogP contribution in [0.4, 0.5) is 0 Å². The molecule has 1 atom stereocenters. The van der Waals surface area contributed by atoms with Gasteiger partial charge in [0.25, 0.3) is 0 Å². The van der Waals surface area contributed by atoms with E-state index in [1.807, 2.05) is 19.1 Å². The van der Waals surface area contributed by atoms with Crippen LogP contribution in [-0.2, 0) is 9.53 Å². The molecule has 1 N–H and O–H groups in total. The number of carbonyl (C=O) groups is 1. The number of unbranched alkanes of at least 4 members (excludes halogenated alkanes) is 1. The van der Waals surface area contributed by atoms with Gasteiger partial charge in [0.05, 0.1) is 0 Å². The maximum Gasteiger partial charge on any atom is 0.332 e. The highest BCUT2D eigenvalue weighted by Crippen LogP contribution is 2.06. The quantitative estimate of drug-likeness (QED) is 0.507. The summed E-state index contributed by atoms with van der Waals surface area (Å²) in [6.07, 6.45) is 6.43. The van der Waals surface area contributed by atoms with E-state index in [9.17, 15) is 4.79 Å². The number of ether oxygens (including phenoxy) is 1. The maximum atomic E-state index is 10.8. The van der Waals surface area contributed by atoms with Crippen molar-refractivity contribution in [3.8, 4) is 0 Å². The van der Waals surface area contributed by atoms with E-state index in [4.69, 9.17) is 9.84 Å². The summed E-state index contributed by atoms with van der Waals surface area (Å²) >= 11 is 0. The molecular weight excluding hydrogens is 168 g/mol. The lowest BCUT2D eigenvalue weighted by Gasteiger charge is -2.12. The van der Waals surface area contributed by atoms with Crippen LogP contribution in [0, 0.1) is 0 Å². The molecule has 0 aromatic rings. The lowest BCUT2D eigenvalue weighted by molar-refractivity contribution is -0.150. The minimum absolute atomic E-state index is 0.176. The van der Waals surface area contributed by atoms with Gasteiger partial charge in [0, 0.05) is 0 Å². The van der Waals surface area contributed by atoms with Gasteiger partial charge < -0.3 is 9.84 Å². The largest absolute Gasteiger partial charge is 0.456 e. The van der Waals surface area contributed by atoms with E-state index in [-0.39, 0.29) is 6.10 Å². The summed E-state index contributed by atoms with van der Waals surface area (Å²) in [5.74, 6) is -0.556. The van der Waals surface area contributed by atoms with E-state index in [0.29, 0.717) is 0 Å². The van der Waals surface area contributed by atoms with Crippen molar-refractivity contribution in [3.05, 3.63) is 12.2 Å². The van der Waals surface area contributed by atoms with E-state index in [0.717, 1.165) is 19.3 Å². The molecule has 0 heterocycles. The number of esters is 1. The summed E-state index contributed by atoms with van der Waals surface area (Å²) in [4.78, 5) is 10.8. The molecule has 0 aromatic carbocycles. The Labute approximate surface area is 79.4 Å². The zero-order valence-electron chi connectivity index (χ0n) is 8.32. The average Bonchev–Trinajstić information content (AvgIpc) is 2.14. The van der Waals surface area contributed by atoms with Gasteiger partial charge >= 0.3 is 5.97 Å². The Bertz CT molecular complexity index is 164. The monoisotopic (exact) mass is 186 g/mol. The molecule has 0 radical (unpaired) electrons. The van der Waals surface area contributed by atoms with Crippen molar-refractivity contribution in [3.63, 3.8) is 0 Å². The number of rotatable bonds is 6. The molecule has 0 bridgehead atoms. The van der Waals surface area contributed by atoms with Crippen LogP contribution in [0.25, 0.3) is 0 Å². The van der Waals surface area contributed by atoms with E-state index in [1.165, 1.54) is 0 Å². The Hall–Kier alpha value is -0.830. The molecule has 3 nitrogen and oxygen atoms in total. The number of allylic oxidation sites excluding steroid dienone is 1. The van der Waals surface area contributed by atoms with Gasteiger partial charge in [0.1, 0.15) is 12.7 Å². The molecule has 0 amide bonds. The summed E-state index contributed by atoms with van der Waals surface area (Å²) in [6.45, 7) is 3.42. The second kappa shape index (κ2) is 7.80. The van der Waals surface area contributed by atoms with Crippen molar-refractivity contribution < 1.29 is 14.6 Å². The number of aliphatic hydroxyl groups excluding tert-OH is 1. The Morgan fingerprint density at radius 2 is 2.31 bits per heavy atom. The molecular formula is C10H18O3. The molecule has 0 spiro atoms. The van der Waals surface area contributed by atoms with E-state index in [1.54, 1.807) is 0 Å². The van der Waals surface area contributed by atoms with Gasteiger partial charge in [0.15, 0.2) is 0 Å². The van der Waals surface area contributed by atoms with Crippen LogP contribution >= 0.6 is 0 Å². The van der Waals surface area contributed by atoms with Crippen LogP contribution < -0.4 is 0 Å². The first-order chi connectivity index (χ1) is 6.24. The molecule has 0 aliphatic heterocycles. The zero-order chi connectivity index (χ0) is 10.1. The molecule has 0 rings (SSSR count). The topological polar surface area (TPSA) is 46.5 Å². The van der Waals surface area contributed by atoms with E-state index in [2.05, 4.69) is 6.92 Å². The fourth-order valence-electron chi connectivity index (χ4n) is 1.02. The van der Waals surface area contributed by atoms with Gasteiger partial charge in [-0.1, -0.05) is 19.4 Å². The molecule has 1 unspecified atom stereocenters. The number of hydrogen-bond acceptors (Lipinski definition) is 3. The highest BCUT2D eigenvalue weighted by atomic mass is 16.6. The number of carbonyl (C=O) groups excluding carboxylic acids is 1. The van der Waals surface area contributed by atoms with Crippen LogP contribution in [0.2, 0.25) is 0 Å². The summed E-state index contributed by atoms with van der Waals surface area (Å²) in [5.41, 5.74) is 0. The van der Waals surface area contributed by atoms with Crippen LogP contribution in [0.15, 0.2) is 12.2 Å². The Balaban J connectivity index is 3.86. The fourth-order valence-corrected chi connectivity index (χ4v) is 1.02. The van der Waals surface area contributed by atoms with Gasteiger partial charge in [-0.15, -0.1) is 0 Å². The van der Waals surface area contributed by atoms with Gasteiger partial charge in [-0.25, -0.2) is 4.79 Å². The Morgan fingerprint density at radius 1 is 1.62 bits per heavy atom. The number of aliphatic hydroxyl groups is 1. The molecule has 13 heavy (non-hydrogen) atoms. The van der Waals surface area contributed by atoms with Gasteiger partial charge in [-0.05, 0) is 25.8 Å². The summed E-state index contributed by atoms with van der Waals surface area (Å²) in [7, 11) is 0. The fraction of sp³-hybridized carbons (Fsp3) is 0.700. The highest BCUT2D eigenvalue weighted by Gasteiger charge is 2.08. The minimum Gasteiger partial charge on any atom is -0.456 e. The summed E-state index contributed by atoms with van der Waals surface area (Å²) in [5, 5.41) is 8.48. The molecule has 0 aliphatic rings. The predicted octanol–water partition coefficient (Wildman–Crippen LogP) is 1.66. The average molecular weight is 186 g/mol. The first kappa shape index (κ1) is 12.2. The third-order valence-electron chi connectivity index (χ3n) is 1.66. The highest BCUT2D eigenvalue weighted by molar-refractivity contribution is 5.70. The van der Waals surface area contributed by atoms with Crippen LogP contribution in [0.5, 0.6) is 0 Å². The van der Waals surface area contributed by atoms with Crippen molar-refractivity contribution >= 4 is 5.97 Å². The van der Waals surface area contributed by atoms with Gasteiger partial charge in [-0.2, -0.15) is 0 Å². The molecule has 0 aromatic heterocycles. The van der Waals surface area contributed by atoms with Crippen molar-refractivity contribution in [2.75, 3.05) is 6.61 Å². The van der Waals surface area contributed by atoms with E-state index >= 15 is 0 Å².